The van der Waals surface area contributed by atoms with Crippen molar-refractivity contribution in [2.24, 2.45) is 0 Å². The molecule has 0 aromatic heterocycles. The number of benzene rings is 2. The van der Waals surface area contributed by atoms with E-state index in [1.54, 1.807) is 31.3 Å². The first-order valence-corrected chi connectivity index (χ1v) is 9.53. The van der Waals surface area contributed by atoms with E-state index < -0.39 is 16.1 Å². The molecule has 0 bridgehead atoms. The molecule has 2 aromatic carbocycles. The van der Waals surface area contributed by atoms with Gasteiger partial charge in [-0.05, 0) is 30.3 Å². The summed E-state index contributed by atoms with van der Waals surface area (Å²) in [5, 5.41) is 0.340. The largest absolute Gasteiger partial charge is 0.478 e. The normalized spacial score (nSPS) is 17.1. The van der Waals surface area contributed by atoms with Crippen LogP contribution in [0.1, 0.15) is 6.42 Å². The summed E-state index contributed by atoms with van der Waals surface area (Å²) in [5.74, 6) is 0.396. The Bertz CT molecular complexity index is 901. The summed E-state index contributed by atoms with van der Waals surface area (Å²) < 4.78 is 32.7. The lowest BCUT2D eigenvalue weighted by molar-refractivity contribution is -0.126. The van der Waals surface area contributed by atoms with Gasteiger partial charge in [0, 0.05) is 25.0 Å². The predicted octanol–water partition coefficient (Wildman–Crippen LogP) is 2.43. The van der Waals surface area contributed by atoms with Crippen molar-refractivity contribution in [3.05, 3.63) is 53.6 Å². The van der Waals surface area contributed by atoms with Crippen LogP contribution in [0.15, 0.2) is 53.4 Å². The number of anilines is 1. The molecule has 132 valence electrons. The topological polar surface area (TPSA) is 75.7 Å². The van der Waals surface area contributed by atoms with Gasteiger partial charge in [-0.15, -0.1) is 0 Å². The third kappa shape index (κ3) is 3.78. The summed E-state index contributed by atoms with van der Waals surface area (Å²) in [6.07, 6.45) is -0.515. The summed E-state index contributed by atoms with van der Waals surface area (Å²) in [7, 11) is -2.02. The van der Waals surface area contributed by atoms with Gasteiger partial charge in [0.1, 0.15) is 5.75 Å². The lowest BCUT2D eigenvalue weighted by Gasteiger charge is -2.31. The fourth-order valence-corrected chi connectivity index (χ4v) is 3.94. The number of nitrogens with zero attached hydrogens (tertiary/aromatic N) is 1. The summed E-state index contributed by atoms with van der Waals surface area (Å²) in [4.78, 5) is 14.0. The Kier molecular flexibility index (Phi) is 4.99. The summed E-state index contributed by atoms with van der Waals surface area (Å²) >= 11 is 5.83. The average molecular weight is 381 g/mol. The average Bonchev–Trinajstić information content (AvgIpc) is 2.59. The van der Waals surface area contributed by atoms with Gasteiger partial charge in [-0.25, -0.2) is 13.1 Å². The highest BCUT2D eigenvalue weighted by atomic mass is 35.5. The molecule has 1 heterocycles. The molecule has 1 aliphatic rings. The second kappa shape index (κ2) is 7.03. The van der Waals surface area contributed by atoms with Crippen molar-refractivity contribution >= 4 is 33.2 Å². The zero-order chi connectivity index (χ0) is 18.0. The molecule has 8 heteroatoms. The van der Waals surface area contributed by atoms with Gasteiger partial charge in [-0.1, -0.05) is 29.8 Å². The maximum absolute atomic E-state index is 12.4. The van der Waals surface area contributed by atoms with Crippen molar-refractivity contribution in [2.75, 3.05) is 18.5 Å². The van der Waals surface area contributed by atoms with Gasteiger partial charge in [0.05, 0.1) is 10.6 Å². The van der Waals surface area contributed by atoms with Gasteiger partial charge in [0.25, 0.3) is 5.91 Å². The summed E-state index contributed by atoms with van der Waals surface area (Å²) in [6, 6.07) is 13.2. The van der Waals surface area contributed by atoms with Crippen LogP contribution in [-0.2, 0) is 14.8 Å². The molecule has 1 N–H and O–H groups in total. The number of likely N-dealkylation sites (N-methyl/N-ethyl adjacent to an activating group) is 1. The zero-order valence-corrected chi connectivity index (χ0v) is 15.0. The molecule has 1 atom stereocenters. The zero-order valence-electron chi connectivity index (χ0n) is 13.5. The fraction of sp³-hybridized carbons (Fsp3) is 0.235. The molecule has 0 aliphatic carbocycles. The molecule has 0 saturated carbocycles. The second-order valence-corrected chi connectivity index (χ2v) is 7.82. The fourth-order valence-electron chi connectivity index (χ4n) is 2.60. The van der Waals surface area contributed by atoms with Crippen LogP contribution in [0.5, 0.6) is 5.75 Å². The first kappa shape index (κ1) is 17.7. The number of carbonyl (C=O) groups is 1. The van der Waals surface area contributed by atoms with E-state index in [0.29, 0.717) is 16.5 Å². The molecule has 0 radical (unpaired) electrons. The molecule has 6 nitrogen and oxygen atoms in total. The Balaban J connectivity index is 1.65. The van der Waals surface area contributed by atoms with Gasteiger partial charge in [-0.3, -0.25) is 4.79 Å². The minimum atomic E-state index is -3.69. The van der Waals surface area contributed by atoms with Gasteiger partial charge in [0.15, 0.2) is 6.10 Å². The van der Waals surface area contributed by atoms with Crippen LogP contribution in [0, 0.1) is 0 Å². The molecular formula is C17H17ClN2O4S. The Hall–Kier alpha value is -2.09. The van der Waals surface area contributed by atoms with Crippen molar-refractivity contribution in [1.82, 2.24) is 4.72 Å². The van der Waals surface area contributed by atoms with Gasteiger partial charge in [0.2, 0.25) is 10.0 Å². The second-order valence-electron chi connectivity index (χ2n) is 5.62. The standard InChI is InChI=1S/C17H17ClN2O4S/c1-20-14-7-2-3-8-15(14)24-16(17(20)21)9-10-19-25(22,23)13-6-4-5-12(18)11-13/h2-8,11,16,19H,9-10H2,1H3. The Morgan fingerprint density at radius 3 is 2.72 bits per heavy atom. The highest BCUT2D eigenvalue weighted by molar-refractivity contribution is 7.89. The minimum absolute atomic E-state index is 0.0707. The molecule has 1 unspecified atom stereocenters. The highest BCUT2D eigenvalue weighted by Crippen LogP contribution is 2.33. The number of sulfonamides is 1. The van der Waals surface area contributed by atoms with Gasteiger partial charge in [-0.2, -0.15) is 0 Å². The van der Waals surface area contributed by atoms with E-state index in [9.17, 15) is 13.2 Å². The molecule has 1 amide bonds. The molecule has 2 aromatic rings. The van der Waals surface area contributed by atoms with E-state index >= 15 is 0 Å². The molecule has 25 heavy (non-hydrogen) atoms. The number of nitrogens with one attached hydrogen (secondary N) is 1. The van der Waals surface area contributed by atoms with Gasteiger partial charge >= 0.3 is 0 Å². The van der Waals surface area contributed by atoms with Crippen molar-refractivity contribution in [1.29, 1.82) is 0 Å². The van der Waals surface area contributed by atoms with Crippen LogP contribution < -0.4 is 14.4 Å². The minimum Gasteiger partial charge on any atom is -0.478 e. The maximum Gasteiger partial charge on any atom is 0.267 e. The smallest absolute Gasteiger partial charge is 0.267 e. The quantitative estimate of drug-likeness (QED) is 0.864. The summed E-state index contributed by atoms with van der Waals surface area (Å²) in [5.41, 5.74) is 0.697. The number of ether oxygens (including phenoxy) is 1. The van der Waals surface area contributed by atoms with E-state index in [2.05, 4.69) is 4.72 Å². The van der Waals surface area contributed by atoms with Crippen LogP contribution >= 0.6 is 11.6 Å². The van der Waals surface area contributed by atoms with E-state index in [4.69, 9.17) is 16.3 Å². The number of para-hydroxylation sites is 2. The molecule has 1 aliphatic heterocycles. The van der Waals surface area contributed by atoms with E-state index in [1.807, 2.05) is 12.1 Å². The highest BCUT2D eigenvalue weighted by Gasteiger charge is 2.31. The Morgan fingerprint density at radius 2 is 1.96 bits per heavy atom. The first-order chi connectivity index (χ1) is 11.9. The molecule has 3 rings (SSSR count). The number of hydrogen-bond acceptors (Lipinski definition) is 4. The molecule has 0 fully saturated rings. The van der Waals surface area contributed by atoms with Crippen molar-refractivity contribution in [2.45, 2.75) is 17.4 Å². The summed E-state index contributed by atoms with van der Waals surface area (Å²) in [6.45, 7) is 0.0707. The lowest BCUT2D eigenvalue weighted by Crippen LogP contribution is -2.45. The molecule has 0 spiro atoms. The SMILES string of the molecule is CN1C(=O)C(CCNS(=O)(=O)c2cccc(Cl)c2)Oc2ccccc21. The Morgan fingerprint density at radius 1 is 1.20 bits per heavy atom. The van der Waals surface area contributed by atoms with E-state index in [1.165, 1.54) is 17.0 Å². The molecular weight excluding hydrogens is 364 g/mol. The van der Waals surface area contributed by atoms with Crippen LogP contribution in [0.3, 0.4) is 0 Å². The predicted molar refractivity (Wildman–Crippen MR) is 95.5 cm³/mol. The number of carbonyl (C=O) groups excluding carboxylic acids is 1. The number of halogens is 1. The van der Waals surface area contributed by atoms with E-state index in [0.717, 1.165) is 0 Å². The lowest BCUT2D eigenvalue weighted by atomic mass is 10.1. The van der Waals surface area contributed by atoms with Gasteiger partial charge < -0.3 is 9.64 Å². The number of amides is 1. The monoisotopic (exact) mass is 380 g/mol. The van der Waals surface area contributed by atoms with Crippen LogP contribution in [-0.4, -0.2) is 34.0 Å². The van der Waals surface area contributed by atoms with Crippen molar-refractivity contribution < 1.29 is 17.9 Å². The van der Waals surface area contributed by atoms with Crippen LogP contribution in [0.2, 0.25) is 5.02 Å². The number of hydrogen-bond donors (Lipinski definition) is 1. The van der Waals surface area contributed by atoms with E-state index in [-0.39, 0.29) is 23.8 Å². The van der Waals surface area contributed by atoms with Crippen molar-refractivity contribution in [3.8, 4) is 5.75 Å². The molecule has 0 saturated heterocycles. The number of rotatable bonds is 5. The third-order valence-electron chi connectivity index (χ3n) is 3.91. The maximum atomic E-state index is 12.4. The number of fused-ring (bicyclic) bond motifs is 1. The van der Waals surface area contributed by atoms with Crippen LogP contribution in [0.4, 0.5) is 5.69 Å². The first-order valence-electron chi connectivity index (χ1n) is 7.67. The third-order valence-corrected chi connectivity index (χ3v) is 5.60. The van der Waals surface area contributed by atoms with Crippen molar-refractivity contribution in [3.63, 3.8) is 0 Å². The van der Waals surface area contributed by atoms with Crippen LogP contribution in [0.25, 0.3) is 0 Å². The Labute approximate surface area is 151 Å².